The standard InChI is InChI=1S/C27H30N10O/c1-16(2)10-22(38)31-19-11-17(13-28-15-19)18-12-20-23(34-35-25(20)30-14-18)27-32-24-21(4-5-29-26(24)33-27)37-8-6-36(3)7-9-37/h4-5,11-16H,6-10H2,1-3H3,(H,31,38)(H,29,32,33)(H,30,34,35). The van der Waals surface area contributed by atoms with Crippen LogP contribution >= 0.6 is 0 Å². The van der Waals surface area contributed by atoms with Crippen molar-refractivity contribution in [2.75, 3.05) is 43.4 Å². The number of piperazine rings is 1. The van der Waals surface area contributed by atoms with Gasteiger partial charge in [0.05, 0.1) is 23.0 Å². The molecule has 6 rings (SSSR count). The van der Waals surface area contributed by atoms with Gasteiger partial charge in [0.2, 0.25) is 5.91 Å². The van der Waals surface area contributed by atoms with Crippen molar-refractivity contribution < 1.29 is 4.79 Å². The van der Waals surface area contributed by atoms with E-state index in [2.05, 4.69) is 52.3 Å². The lowest BCUT2D eigenvalue weighted by Crippen LogP contribution is -2.44. The van der Waals surface area contributed by atoms with Crippen molar-refractivity contribution in [3.05, 3.63) is 43.0 Å². The topological polar surface area (TPSA) is 132 Å². The van der Waals surface area contributed by atoms with Gasteiger partial charge in [0.1, 0.15) is 11.2 Å². The number of hydrogen-bond acceptors (Lipinski definition) is 8. The Morgan fingerprint density at radius 1 is 1.05 bits per heavy atom. The van der Waals surface area contributed by atoms with E-state index in [-0.39, 0.29) is 11.8 Å². The number of imidazole rings is 1. The maximum Gasteiger partial charge on any atom is 0.224 e. The third-order valence-electron chi connectivity index (χ3n) is 6.80. The van der Waals surface area contributed by atoms with Crippen molar-refractivity contribution in [3.63, 3.8) is 0 Å². The molecule has 0 radical (unpaired) electrons. The Morgan fingerprint density at radius 3 is 2.68 bits per heavy atom. The highest BCUT2D eigenvalue weighted by atomic mass is 16.1. The Kier molecular flexibility index (Phi) is 6.20. The highest BCUT2D eigenvalue weighted by Gasteiger charge is 2.21. The number of amides is 1. The highest BCUT2D eigenvalue weighted by Crippen LogP contribution is 2.32. The molecule has 3 N–H and O–H groups in total. The number of nitrogens with zero attached hydrogens (tertiary/aromatic N) is 7. The van der Waals surface area contributed by atoms with Gasteiger partial charge in [-0.3, -0.25) is 14.9 Å². The van der Waals surface area contributed by atoms with Crippen LogP contribution < -0.4 is 10.2 Å². The number of H-pyrrole nitrogens is 2. The van der Waals surface area contributed by atoms with Gasteiger partial charge in [0.25, 0.3) is 0 Å². The number of aromatic nitrogens is 7. The predicted octanol–water partition coefficient (Wildman–Crippen LogP) is 3.69. The van der Waals surface area contributed by atoms with E-state index in [0.717, 1.165) is 59.5 Å². The Labute approximate surface area is 219 Å². The molecule has 11 nitrogen and oxygen atoms in total. The van der Waals surface area contributed by atoms with E-state index in [1.807, 2.05) is 38.2 Å². The number of fused-ring (bicyclic) bond motifs is 2. The number of nitrogens with one attached hydrogen (secondary N) is 3. The fourth-order valence-corrected chi connectivity index (χ4v) is 4.80. The summed E-state index contributed by atoms with van der Waals surface area (Å²) in [5.41, 5.74) is 6.33. The van der Waals surface area contributed by atoms with Crippen molar-refractivity contribution in [2.45, 2.75) is 20.3 Å². The fourth-order valence-electron chi connectivity index (χ4n) is 4.80. The quantitative estimate of drug-likeness (QED) is 0.315. The van der Waals surface area contributed by atoms with Gasteiger partial charge in [-0.1, -0.05) is 13.8 Å². The summed E-state index contributed by atoms with van der Waals surface area (Å²) < 4.78 is 0. The molecule has 1 fully saturated rings. The van der Waals surface area contributed by atoms with Crippen molar-refractivity contribution in [3.8, 4) is 22.6 Å². The van der Waals surface area contributed by atoms with Gasteiger partial charge in [-0.15, -0.1) is 0 Å². The van der Waals surface area contributed by atoms with Gasteiger partial charge in [0, 0.05) is 62.3 Å². The lowest BCUT2D eigenvalue weighted by atomic mass is 10.1. The number of carbonyl (C=O) groups is 1. The van der Waals surface area contributed by atoms with E-state index in [0.29, 0.717) is 29.3 Å². The number of carbonyl (C=O) groups excluding carboxylic acids is 1. The van der Waals surface area contributed by atoms with E-state index in [9.17, 15) is 4.79 Å². The summed E-state index contributed by atoms with van der Waals surface area (Å²) in [6, 6.07) is 5.95. The van der Waals surface area contributed by atoms with Crippen LogP contribution in [-0.2, 0) is 4.79 Å². The third-order valence-corrected chi connectivity index (χ3v) is 6.80. The number of aromatic amines is 2. The van der Waals surface area contributed by atoms with Crippen LogP contribution in [0.25, 0.3) is 44.8 Å². The average molecular weight is 511 g/mol. The van der Waals surface area contributed by atoms with E-state index < -0.39 is 0 Å². The van der Waals surface area contributed by atoms with Gasteiger partial charge < -0.3 is 20.1 Å². The molecule has 0 aliphatic carbocycles. The Morgan fingerprint density at radius 2 is 1.87 bits per heavy atom. The number of hydrogen-bond donors (Lipinski definition) is 3. The van der Waals surface area contributed by atoms with E-state index in [1.165, 1.54) is 0 Å². The Bertz CT molecular complexity index is 1610. The maximum absolute atomic E-state index is 12.2. The van der Waals surface area contributed by atoms with Crippen molar-refractivity contribution in [2.24, 2.45) is 5.92 Å². The molecule has 1 aliphatic heterocycles. The van der Waals surface area contributed by atoms with Gasteiger partial charge in [-0.2, -0.15) is 5.10 Å². The van der Waals surface area contributed by atoms with Crippen LogP contribution in [-0.4, -0.2) is 79.2 Å². The molecule has 1 aliphatic rings. The number of pyridine rings is 3. The number of likely N-dealkylation sites (N-methyl/N-ethyl adjacent to an activating group) is 1. The van der Waals surface area contributed by atoms with Crippen LogP contribution in [0.4, 0.5) is 11.4 Å². The van der Waals surface area contributed by atoms with Gasteiger partial charge in [0.15, 0.2) is 17.1 Å². The van der Waals surface area contributed by atoms with Gasteiger partial charge in [-0.05, 0) is 31.2 Å². The van der Waals surface area contributed by atoms with Crippen LogP contribution in [0.2, 0.25) is 0 Å². The van der Waals surface area contributed by atoms with E-state index >= 15 is 0 Å². The maximum atomic E-state index is 12.2. The minimum Gasteiger partial charge on any atom is -0.367 e. The van der Waals surface area contributed by atoms with Crippen LogP contribution in [0.5, 0.6) is 0 Å². The lowest BCUT2D eigenvalue weighted by Gasteiger charge is -2.33. The van der Waals surface area contributed by atoms with Crippen LogP contribution in [0.3, 0.4) is 0 Å². The Hall–Kier alpha value is -4.38. The molecule has 5 aromatic heterocycles. The molecule has 0 aromatic carbocycles. The van der Waals surface area contributed by atoms with Crippen molar-refractivity contribution >= 4 is 39.5 Å². The first-order valence-electron chi connectivity index (χ1n) is 12.8. The molecular weight excluding hydrogens is 480 g/mol. The second kappa shape index (κ2) is 9.82. The number of rotatable bonds is 6. The number of anilines is 2. The summed E-state index contributed by atoms with van der Waals surface area (Å²) in [4.78, 5) is 38.7. The summed E-state index contributed by atoms with van der Waals surface area (Å²) >= 11 is 0. The summed E-state index contributed by atoms with van der Waals surface area (Å²) in [6.45, 7) is 7.95. The summed E-state index contributed by atoms with van der Waals surface area (Å²) in [6.07, 6.45) is 7.45. The van der Waals surface area contributed by atoms with E-state index in [1.54, 1.807) is 18.6 Å². The molecule has 0 atom stereocenters. The van der Waals surface area contributed by atoms with Crippen molar-refractivity contribution in [1.29, 1.82) is 0 Å². The fraction of sp³-hybridized carbons (Fsp3) is 0.333. The zero-order chi connectivity index (χ0) is 26.2. The van der Waals surface area contributed by atoms with Gasteiger partial charge >= 0.3 is 0 Å². The van der Waals surface area contributed by atoms with Crippen LogP contribution in [0.15, 0.2) is 43.0 Å². The predicted molar refractivity (Wildman–Crippen MR) is 148 cm³/mol. The van der Waals surface area contributed by atoms with Crippen LogP contribution in [0.1, 0.15) is 20.3 Å². The highest BCUT2D eigenvalue weighted by molar-refractivity contribution is 5.95. The molecule has 6 heterocycles. The monoisotopic (exact) mass is 510 g/mol. The molecule has 0 unspecified atom stereocenters. The van der Waals surface area contributed by atoms with Crippen LogP contribution in [0, 0.1) is 5.92 Å². The molecule has 1 amide bonds. The smallest absolute Gasteiger partial charge is 0.224 e. The lowest BCUT2D eigenvalue weighted by molar-refractivity contribution is -0.116. The first-order valence-corrected chi connectivity index (χ1v) is 12.8. The molecule has 11 heteroatoms. The third kappa shape index (κ3) is 4.68. The summed E-state index contributed by atoms with van der Waals surface area (Å²) in [7, 11) is 2.15. The molecule has 194 valence electrons. The molecule has 1 saturated heterocycles. The first kappa shape index (κ1) is 24.0. The average Bonchev–Trinajstić information content (AvgIpc) is 3.52. The molecule has 0 spiro atoms. The van der Waals surface area contributed by atoms with Crippen molar-refractivity contribution in [1.82, 2.24) is 40.0 Å². The molecule has 5 aromatic rings. The molecule has 0 bridgehead atoms. The second-order valence-electron chi connectivity index (χ2n) is 10.2. The summed E-state index contributed by atoms with van der Waals surface area (Å²) in [5, 5.41) is 11.3. The summed E-state index contributed by atoms with van der Waals surface area (Å²) in [5.74, 6) is 0.884. The van der Waals surface area contributed by atoms with Gasteiger partial charge in [-0.25, -0.2) is 15.0 Å². The normalized spacial score (nSPS) is 14.6. The molecular formula is C27H30N10O. The molecule has 0 saturated carbocycles. The van der Waals surface area contributed by atoms with E-state index in [4.69, 9.17) is 4.98 Å². The minimum absolute atomic E-state index is 0.0286. The molecule has 38 heavy (non-hydrogen) atoms. The first-order chi connectivity index (χ1) is 18.4. The SMILES string of the molecule is CC(C)CC(=O)Nc1cncc(-c2cnc3[nH]nc(-c4nc5c(N6CCN(C)CC6)ccnc5[nH]4)c3c2)c1. The zero-order valence-corrected chi connectivity index (χ0v) is 21.7. The largest absolute Gasteiger partial charge is 0.367 e. The second-order valence-corrected chi connectivity index (χ2v) is 10.2. The zero-order valence-electron chi connectivity index (χ0n) is 21.7. The minimum atomic E-state index is -0.0286. The Balaban J connectivity index is 1.34.